The van der Waals surface area contributed by atoms with Gasteiger partial charge >= 0.3 is 251 Å². The summed E-state index contributed by atoms with van der Waals surface area (Å²) in [5.74, 6) is -0.405. The third kappa shape index (κ3) is 6.96. The normalized spacial score (nSPS) is 13.9. The number of anilines is 2. The zero-order valence-electron chi connectivity index (χ0n) is 22.9. The maximum absolute atomic E-state index is 14.3. The van der Waals surface area contributed by atoms with Gasteiger partial charge in [0.15, 0.2) is 0 Å². The number of benzene rings is 2. The van der Waals surface area contributed by atoms with Gasteiger partial charge in [-0.1, -0.05) is 0 Å². The summed E-state index contributed by atoms with van der Waals surface area (Å²) in [4.78, 5) is 24.0. The van der Waals surface area contributed by atoms with Crippen LogP contribution in [0.2, 0.25) is 5.02 Å². The number of ether oxygens (including phenoxy) is 1. The van der Waals surface area contributed by atoms with E-state index in [2.05, 4.69) is 43.5 Å². The quantitative estimate of drug-likeness (QED) is 0.257. The summed E-state index contributed by atoms with van der Waals surface area (Å²) in [5.41, 5.74) is 10.5. The standard InChI is InChI=1S/C29H31AsClFN7O2/c1-38-17-22(15-35-38)20-11-21(14-32)26(24(13-20)27(33)40)36-28-25(31)16-34-29(37-28)30-23-4-3-18-5-7-39(9-10-41-2)8-6-19(18)12-23/h3-4,11-13,15-17H,5-10,14H2,1-2H3,(H2,33,40)(H,34,36,37). The van der Waals surface area contributed by atoms with Crippen LogP contribution in [-0.4, -0.2) is 79.7 Å². The molecule has 41 heavy (non-hydrogen) atoms. The first-order valence-electron chi connectivity index (χ1n) is 13.2. The molecule has 0 atom stereocenters. The van der Waals surface area contributed by atoms with Gasteiger partial charge in [-0.25, -0.2) is 0 Å². The molecule has 4 aromatic rings. The van der Waals surface area contributed by atoms with Crippen molar-refractivity contribution in [2.75, 3.05) is 38.7 Å². The summed E-state index contributed by atoms with van der Waals surface area (Å²) >= 11 is 5.92. The molecule has 0 unspecified atom stereocenters. The van der Waals surface area contributed by atoms with E-state index < -0.39 is 28.3 Å². The molecule has 0 aliphatic carbocycles. The van der Waals surface area contributed by atoms with Crippen LogP contribution in [0.4, 0.5) is 15.9 Å². The van der Waals surface area contributed by atoms with Gasteiger partial charge in [-0.05, 0) is 0 Å². The molecule has 2 aromatic carbocycles. The van der Waals surface area contributed by atoms with E-state index in [1.165, 1.54) is 21.7 Å². The van der Waals surface area contributed by atoms with Gasteiger partial charge in [-0.3, -0.25) is 0 Å². The molecule has 0 bridgehead atoms. The molecule has 213 valence electrons. The third-order valence-electron chi connectivity index (χ3n) is 7.07. The molecule has 2 aromatic heterocycles. The second-order valence-corrected chi connectivity index (χ2v) is 12.6. The van der Waals surface area contributed by atoms with Crippen LogP contribution < -0.4 is 20.0 Å². The number of alkyl halides is 1. The fourth-order valence-corrected chi connectivity index (χ4v) is 6.85. The number of halogens is 2. The van der Waals surface area contributed by atoms with Crippen molar-refractivity contribution >= 4 is 53.7 Å². The number of primary amides is 1. The number of aromatic nitrogens is 4. The Morgan fingerprint density at radius 2 is 1.98 bits per heavy atom. The van der Waals surface area contributed by atoms with Crippen molar-refractivity contribution in [3.8, 4) is 11.1 Å². The predicted molar refractivity (Wildman–Crippen MR) is 159 cm³/mol. The molecular formula is C29H31AsClFN7O2. The molecule has 1 amide bonds. The first kappa shape index (κ1) is 29.2. The number of nitrogens with zero attached hydrogens (tertiary/aromatic N) is 5. The number of methoxy groups -OCH3 is 1. The molecule has 0 spiro atoms. The molecular weight excluding hydrogens is 608 g/mol. The van der Waals surface area contributed by atoms with Crippen LogP contribution in [0.15, 0.2) is 48.9 Å². The van der Waals surface area contributed by atoms with Crippen molar-refractivity contribution in [3.63, 3.8) is 0 Å². The average Bonchev–Trinajstić information content (AvgIpc) is 3.30. The van der Waals surface area contributed by atoms with Gasteiger partial charge in [0.1, 0.15) is 0 Å². The van der Waals surface area contributed by atoms with Crippen LogP contribution in [-0.2, 0) is 31.3 Å². The topological polar surface area (TPSA) is 111 Å². The molecule has 3 N–H and O–H groups in total. The van der Waals surface area contributed by atoms with Gasteiger partial charge in [0.25, 0.3) is 0 Å². The van der Waals surface area contributed by atoms with Crippen molar-refractivity contribution < 1.29 is 13.9 Å². The fraction of sp³-hybridized carbons (Fsp3) is 0.310. The van der Waals surface area contributed by atoms with Crippen LogP contribution in [0.25, 0.3) is 11.1 Å². The van der Waals surface area contributed by atoms with Gasteiger partial charge < -0.3 is 0 Å². The Hall–Kier alpha value is -3.30. The molecule has 0 fully saturated rings. The van der Waals surface area contributed by atoms with Gasteiger partial charge in [-0.15, -0.1) is 0 Å². The van der Waals surface area contributed by atoms with E-state index in [1.54, 1.807) is 43.4 Å². The van der Waals surface area contributed by atoms with Gasteiger partial charge in [0, 0.05) is 0 Å². The molecule has 0 saturated heterocycles. The molecule has 5 rings (SSSR count). The summed E-state index contributed by atoms with van der Waals surface area (Å²) in [6, 6.07) is 9.92. The molecule has 1 aliphatic rings. The Labute approximate surface area is 249 Å². The monoisotopic (exact) mass is 638 g/mol. The van der Waals surface area contributed by atoms with E-state index in [0.29, 0.717) is 16.0 Å². The summed E-state index contributed by atoms with van der Waals surface area (Å²) in [5, 5.41) is 7.50. The Balaban J connectivity index is 1.39. The van der Waals surface area contributed by atoms with Crippen molar-refractivity contribution in [1.82, 2.24) is 24.6 Å². The summed E-state index contributed by atoms with van der Waals surface area (Å²) < 4.78 is 23.0. The SMILES string of the molecule is COCCN1CCc2ccc([As]c3ncc(Cl)c(Nc4c(CF)cc(-c5cnn(C)c5)cc4C(N)=O)n3)cc2CC1. The van der Waals surface area contributed by atoms with E-state index in [-0.39, 0.29) is 21.8 Å². The second kappa shape index (κ2) is 13.1. The molecule has 1 radical (unpaired) electrons. The minimum absolute atomic E-state index is 0.133. The number of hydrogen-bond donors (Lipinski definition) is 2. The molecule has 3 heterocycles. The van der Waals surface area contributed by atoms with Crippen molar-refractivity contribution in [1.29, 1.82) is 0 Å². The van der Waals surface area contributed by atoms with E-state index >= 15 is 0 Å². The second-order valence-electron chi connectivity index (χ2n) is 9.85. The molecule has 12 heteroatoms. The van der Waals surface area contributed by atoms with Gasteiger partial charge in [0.05, 0.1) is 0 Å². The number of hydrogen-bond acceptors (Lipinski definition) is 7. The van der Waals surface area contributed by atoms with E-state index in [4.69, 9.17) is 22.1 Å². The summed E-state index contributed by atoms with van der Waals surface area (Å²) in [6.45, 7) is 2.87. The van der Waals surface area contributed by atoms with Crippen LogP contribution in [0.3, 0.4) is 0 Å². The predicted octanol–water partition coefficient (Wildman–Crippen LogP) is 2.54. The fourth-order valence-electron chi connectivity index (χ4n) is 4.89. The first-order valence-corrected chi connectivity index (χ1v) is 15.5. The number of carbonyl (C=O) groups is 1. The van der Waals surface area contributed by atoms with Crippen LogP contribution >= 0.6 is 11.6 Å². The summed E-state index contributed by atoms with van der Waals surface area (Å²) in [7, 11) is 3.52. The Kier molecular flexibility index (Phi) is 9.35. The zero-order valence-corrected chi connectivity index (χ0v) is 25.5. The van der Waals surface area contributed by atoms with Crippen LogP contribution in [0.1, 0.15) is 27.0 Å². The Morgan fingerprint density at radius 3 is 2.68 bits per heavy atom. The number of rotatable bonds is 10. The zero-order chi connectivity index (χ0) is 28.9. The van der Waals surface area contributed by atoms with E-state index in [1.807, 2.05) is 0 Å². The number of nitrogens with one attached hydrogen (secondary N) is 1. The average molecular weight is 639 g/mol. The van der Waals surface area contributed by atoms with Gasteiger partial charge in [0.2, 0.25) is 0 Å². The number of carbonyl (C=O) groups excluding carboxylic acids is 1. The van der Waals surface area contributed by atoms with Gasteiger partial charge in [-0.2, -0.15) is 0 Å². The van der Waals surface area contributed by atoms with Crippen LogP contribution in [0.5, 0.6) is 0 Å². The van der Waals surface area contributed by atoms with Crippen molar-refractivity contribution in [3.05, 3.63) is 76.2 Å². The number of aryl methyl sites for hydroxylation is 1. The van der Waals surface area contributed by atoms with Crippen LogP contribution in [0, 0.1) is 0 Å². The van der Waals surface area contributed by atoms with E-state index in [9.17, 15) is 9.18 Å². The van der Waals surface area contributed by atoms with Crippen molar-refractivity contribution in [2.45, 2.75) is 19.5 Å². The molecule has 1 aliphatic heterocycles. The number of amides is 1. The number of fused-ring (bicyclic) bond motifs is 1. The minimum atomic E-state index is -0.823. The maximum atomic E-state index is 14.3. The molecule has 0 saturated carbocycles. The number of nitrogens with two attached hydrogens (primary N) is 1. The Morgan fingerprint density at radius 1 is 1.17 bits per heavy atom. The third-order valence-corrected chi connectivity index (χ3v) is 9.34. The molecule has 9 nitrogen and oxygen atoms in total. The first-order chi connectivity index (χ1) is 19.8. The van der Waals surface area contributed by atoms with E-state index in [0.717, 1.165) is 44.6 Å². The summed E-state index contributed by atoms with van der Waals surface area (Å²) in [6.07, 6.45) is 6.96. The van der Waals surface area contributed by atoms with Crippen molar-refractivity contribution in [2.24, 2.45) is 12.8 Å². The Bertz CT molecular complexity index is 1560.